The van der Waals surface area contributed by atoms with E-state index >= 15 is 0 Å². The van der Waals surface area contributed by atoms with Crippen LogP contribution in [0.5, 0.6) is 5.75 Å². The summed E-state index contributed by atoms with van der Waals surface area (Å²) < 4.78 is 28.3. The number of halogens is 2. The maximum atomic E-state index is 12.0. The zero-order chi connectivity index (χ0) is 17.4. The van der Waals surface area contributed by atoms with Gasteiger partial charge in [0.05, 0.1) is 5.75 Å². The van der Waals surface area contributed by atoms with Crippen LogP contribution in [0.15, 0.2) is 54.6 Å². The lowest BCUT2D eigenvalue weighted by atomic mass is 10.2. The van der Waals surface area contributed by atoms with Gasteiger partial charge in [-0.25, -0.2) is 0 Å². The van der Waals surface area contributed by atoms with E-state index in [2.05, 4.69) is 10.1 Å². The van der Waals surface area contributed by atoms with Crippen LogP contribution >= 0.6 is 11.8 Å². The largest absolute Gasteiger partial charge is 0.435 e. The third kappa shape index (κ3) is 6.00. The third-order valence-electron chi connectivity index (χ3n) is 2.94. The first-order valence-corrected chi connectivity index (χ1v) is 8.21. The van der Waals surface area contributed by atoms with E-state index < -0.39 is 18.4 Å². The van der Waals surface area contributed by atoms with E-state index in [-0.39, 0.29) is 17.1 Å². The van der Waals surface area contributed by atoms with Gasteiger partial charge in [0.2, 0.25) is 5.91 Å². The Hall–Kier alpha value is -2.41. The van der Waals surface area contributed by atoms with Gasteiger partial charge >= 0.3 is 6.61 Å². The molecule has 0 atom stereocenters. The molecule has 0 aromatic heterocycles. The van der Waals surface area contributed by atoms with E-state index in [1.165, 1.54) is 36.0 Å². The number of alkyl halides is 2. The van der Waals surface area contributed by atoms with Crippen molar-refractivity contribution >= 4 is 23.6 Å². The molecular formula is C17H15F2NO3S. The minimum Gasteiger partial charge on any atom is -0.435 e. The molecule has 0 fully saturated rings. The molecule has 0 saturated carbocycles. The summed E-state index contributed by atoms with van der Waals surface area (Å²) in [5, 5.41) is 2.26. The molecule has 2 aromatic carbocycles. The van der Waals surface area contributed by atoms with Crippen LogP contribution in [-0.2, 0) is 10.5 Å². The van der Waals surface area contributed by atoms with E-state index in [0.717, 1.165) is 5.56 Å². The number of amides is 2. The number of rotatable bonds is 7. The highest BCUT2D eigenvalue weighted by Crippen LogP contribution is 2.15. The van der Waals surface area contributed by atoms with E-state index in [0.29, 0.717) is 5.75 Å². The fraction of sp³-hybridized carbons (Fsp3) is 0.176. The molecule has 2 amide bonds. The van der Waals surface area contributed by atoms with Gasteiger partial charge in [-0.05, 0) is 29.8 Å². The van der Waals surface area contributed by atoms with Crippen LogP contribution in [0.2, 0.25) is 0 Å². The second-order valence-corrected chi connectivity index (χ2v) is 5.74. The molecule has 1 N–H and O–H groups in total. The van der Waals surface area contributed by atoms with Gasteiger partial charge in [0, 0.05) is 11.3 Å². The Kier molecular flexibility index (Phi) is 6.74. The van der Waals surface area contributed by atoms with E-state index in [4.69, 9.17) is 0 Å². The van der Waals surface area contributed by atoms with Gasteiger partial charge in [0.25, 0.3) is 5.91 Å². The lowest BCUT2D eigenvalue weighted by molar-refractivity contribution is -0.117. The number of thioether (sulfide) groups is 1. The lowest BCUT2D eigenvalue weighted by Crippen LogP contribution is -2.31. The molecule has 7 heteroatoms. The summed E-state index contributed by atoms with van der Waals surface area (Å²) in [6, 6.07) is 14.8. The van der Waals surface area contributed by atoms with Gasteiger partial charge in [-0.2, -0.15) is 8.78 Å². The first-order valence-electron chi connectivity index (χ1n) is 7.05. The number of ether oxygens (including phenoxy) is 1. The van der Waals surface area contributed by atoms with E-state index in [9.17, 15) is 18.4 Å². The molecule has 0 spiro atoms. The zero-order valence-corrected chi connectivity index (χ0v) is 13.4. The van der Waals surface area contributed by atoms with Crippen LogP contribution in [0, 0.1) is 0 Å². The molecule has 0 radical (unpaired) electrons. The normalized spacial score (nSPS) is 10.5. The number of hydrogen-bond donors (Lipinski definition) is 1. The maximum absolute atomic E-state index is 12.0. The molecule has 0 aliphatic rings. The van der Waals surface area contributed by atoms with Gasteiger partial charge in [-0.15, -0.1) is 11.8 Å². The fourth-order valence-corrected chi connectivity index (χ4v) is 2.65. The lowest BCUT2D eigenvalue weighted by Gasteiger charge is -2.06. The van der Waals surface area contributed by atoms with Crippen LogP contribution in [0.25, 0.3) is 0 Å². The fourth-order valence-electron chi connectivity index (χ4n) is 1.86. The highest BCUT2D eigenvalue weighted by Gasteiger charge is 2.11. The summed E-state index contributed by atoms with van der Waals surface area (Å²) >= 11 is 1.39. The Morgan fingerprint density at radius 2 is 1.71 bits per heavy atom. The van der Waals surface area contributed by atoms with Gasteiger partial charge < -0.3 is 4.74 Å². The van der Waals surface area contributed by atoms with Crippen LogP contribution < -0.4 is 10.1 Å². The number of carbonyl (C=O) groups excluding carboxylic acids is 2. The van der Waals surface area contributed by atoms with Crippen LogP contribution in [0.3, 0.4) is 0 Å². The second kappa shape index (κ2) is 9.02. The molecule has 0 heterocycles. The topological polar surface area (TPSA) is 55.4 Å². The number of benzene rings is 2. The average Bonchev–Trinajstić information content (AvgIpc) is 2.56. The van der Waals surface area contributed by atoms with Crippen molar-refractivity contribution in [3.8, 4) is 5.75 Å². The Labute approximate surface area is 142 Å². The standard InChI is InChI=1S/C17H15F2NO3S/c18-17(19)23-14-8-6-13(7-9-14)16(22)20-15(21)11-24-10-12-4-2-1-3-5-12/h1-9,17H,10-11H2,(H,20,21,22). The summed E-state index contributed by atoms with van der Waals surface area (Å²) in [6.07, 6.45) is 0. The molecular weight excluding hydrogens is 336 g/mol. The number of carbonyl (C=O) groups is 2. The Morgan fingerprint density at radius 1 is 1.04 bits per heavy atom. The van der Waals surface area contributed by atoms with Crippen LogP contribution in [0.1, 0.15) is 15.9 Å². The van der Waals surface area contributed by atoms with Crippen LogP contribution in [0.4, 0.5) is 8.78 Å². The van der Waals surface area contributed by atoms with Gasteiger partial charge in [0.1, 0.15) is 5.75 Å². The maximum Gasteiger partial charge on any atom is 0.387 e. The number of nitrogens with one attached hydrogen (secondary N) is 1. The molecule has 2 rings (SSSR count). The van der Waals surface area contributed by atoms with E-state index in [1.54, 1.807) is 0 Å². The number of hydrogen-bond acceptors (Lipinski definition) is 4. The SMILES string of the molecule is O=C(CSCc1ccccc1)NC(=O)c1ccc(OC(F)F)cc1. The van der Waals surface area contributed by atoms with Crippen molar-refractivity contribution in [3.63, 3.8) is 0 Å². The monoisotopic (exact) mass is 351 g/mol. The molecule has 0 saturated heterocycles. The summed E-state index contributed by atoms with van der Waals surface area (Å²) in [4.78, 5) is 23.6. The summed E-state index contributed by atoms with van der Waals surface area (Å²) in [5.41, 5.74) is 1.29. The highest BCUT2D eigenvalue weighted by atomic mass is 32.2. The zero-order valence-electron chi connectivity index (χ0n) is 12.6. The van der Waals surface area contributed by atoms with Gasteiger partial charge in [-0.1, -0.05) is 30.3 Å². The molecule has 0 aliphatic carbocycles. The van der Waals surface area contributed by atoms with Crippen molar-refractivity contribution in [1.29, 1.82) is 0 Å². The summed E-state index contributed by atoms with van der Waals surface area (Å²) in [6.45, 7) is -2.92. The smallest absolute Gasteiger partial charge is 0.387 e. The average molecular weight is 351 g/mol. The summed E-state index contributed by atoms with van der Waals surface area (Å²) in [7, 11) is 0. The van der Waals surface area contributed by atoms with Crippen molar-refractivity contribution < 1.29 is 23.1 Å². The molecule has 0 bridgehead atoms. The van der Waals surface area contributed by atoms with Crippen molar-refractivity contribution in [2.75, 3.05) is 5.75 Å². The quantitative estimate of drug-likeness (QED) is 0.830. The summed E-state index contributed by atoms with van der Waals surface area (Å²) in [5.74, 6) is -0.223. The third-order valence-corrected chi connectivity index (χ3v) is 3.94. The van der Waals surface area contributed by atoms with Crippen molar-refractivity contribution in [1.82, 2.24) is 5.32 Å². The van der Waals surface area contributed by atoms with Crippen molar-refractivity contribution in [2.45, 2.75) is 12.4 Å². The first kappa shape index (κ1) is 17.9. The van der Waals surface area contributed by atoms with E-state index in [1.807, 2.05) is 30.3 Å². The molecule has 4 nitrogen and oxygen atoms in total. The van der Waals surface area contributed by atoms with Crippen LogP contribution in [-0.4, -0.2) is 24.2 Å². The molecule has 0 aliphatic heterocycles. The molecule has 0 unspecified atom stereocenters. The predicted molar refractivity (Wildman–Crippen MR) is 88.2 cm³/mol. The molecule has 126 valence electrons. The first-order chi connectivity index (χ1) is 11.5. The molecule has 2 aromatic rings. The minimum absolute atomic E-state index is 0.0497. The Morgan fingerprint density at radius 3 is 2.33 bits per heavy atom. The minimum atomic E-state index is -2.92. The number of imide groups is 1. The van der Waals surface area contributed by atoms with Crippen molar-refractivity contribution in [2.24, 2.45) is 0 Å². The predicted octanol–water partition coefficient (Wildman–Crippen LogP) is 3.48. The highest BCUT2D eigenvalue weighted by molar-refractivity contribution is 7.99. The van der Waals surface area contributed by atoms with Gasteiger partial charge in [0.15, 0.2) is 0 Å². The Bertz CT molecular complexity index is 678. The van der Waals surface area contributed by atoms with Crippen molar-refractivity contribution in [3.05, 3.63) is 65.7 Å². The Balaban J connectivity index is 1.77. The van der Waals surface area contributed by atoms with Gasteiger partial charge in [-0.3, -0.25) is 14.9 Å². The molecule has 24 heavy (non-hydrogen) atoms. The second-order valence-electron chi connectivity index (χ2n) is 4.76.